The molecule has 2 aliphatic rings. The number of hydrogen-bond donors (Lipinski definition) is 1. The van der Waals surface area contributed by atoms with Gasteiger partial charge in [0, 0.05) is 52.6 Å². The van der Waals surface area contributed by atoms with E-state index in [0.717, 1.165) is 38.0 Å². The van der Waals surface area contributed by atoms with E-state index in [1.165, 1.54) is 24.9 Å². The molecule has 22 heavy (non-hydrogen) atoms. The van der Waals surface area contributed by atoms with Crippen LogP contribution in [0.1, 0.15) is 18.4 Å². The lowest BCUT2D eigenvalue weighted by Crippen LogP contribution is -2.30. The fourth-order valence-electron chi connectivity index (χ4n) is 3.87. The smallest absolute Gasteiger partial charge is 0.128 e. The van der Waals surface area contributed by atoms with Crippen molar-refractivity contribution in [3.05, 3.63) is 23.9 Å². The molecule has 1 aromatic heterocycles. The largest absolute Gasteiger partial charge is 0.383 e. The van der Waals surface area contributed by atoms with Gasteiger partial charge in [-0.2, -0.15) is 0 Å². The van der Waals surface area contributed by atoms with E-state index >= 15 is 0 Å². The minimum absolute atomic E-state index is 0.421. The van der Waals surface area contributed by atoms with E-state index in [0.29, 0.717) is 12.0 Å². The van der Waals surface area contributed by atoms with Crippen LogP contribution in [0.2, 0.25) is 0 Å². The number of rotatable bonds is 6. The molecule has 1 aliphatic carbocycles. The second-order valence-electron chi connectivity index (χ2n) is 6.80. The minimum Gasteiger partial charge on any atom is -0.383 e. The average molecular weight is 304 g/mol. The summed E-state index contributed by atoms with van der Waals surface area (Å²) < 4.78 is 5.10. The molecule has 122 valence electrons. The fourth-order valence-corrected chi connectivity index (χ4v) is 3.87. The summed E-state index contributed by atoms with van der Waals surface area (Å²) >= 11 is 0. The second-order valence-corrected chi connectivity index (χ2v) is 6.80. The monoisotopic (exact) mass is 304 g/mol. The predicted molar refractivity (Wildman–Crippen MR) is 88.8 cm³/mol. The first-order valence-electron chi connectivity index (χ1n) is 8.30. The number of hydrogen-bond acceptors (Lipinski definition) is 5. The summed E-state index contributed by atoms with van der Waals surface area (Å²) in [5.74, 6) is 2.54. The van der Waals surface area contributed by atoms with Gasteiger partial charge in [-0.25, -0.2) is 4.98 Å². The number of nitrogens with two attached hydrogens (primary N) is 1. The molecule has 0 spiro atoms. The quantitative estimate of drug-likeness (QED) is 0.859. The van der Waals surface area contributed by atoms with Crippen molar-refractivity contribution in [1.29, 1.82) is 0 Å². The summed E-state index contributed by atoms with van der Waals surface area (Å²) in [5, 5.41) is 0. The number of likely N-dealkylation sites (N-methyl/N-ethyl adjacent to an activating group) is 1. The van der Waals surface area contributed by atoms with E-state index in [4.69, 9.17) is 10.5 Å². The highest BCUT2D eigenvalue weighted by molar-refractivity contribution is 5.38. The molecule has 3 unspecified atom stereocenters. The molecule has 5 heteroatoms. The third kappa shape index (κ3) is 3.42. The Hall–Kier alpha value is -1.17. The number of fused-ring (bicyclic) bond motifs is 1. The van der Waals surface area contributed by atoms with Gasteiger partial charge in [0.25, 0.3) is 0 Å². The van der Waals surface area contributed by atoms with Crippen LogP contribution in [-0.2, 0) is 11.3 Å². The van der Waals surface area contributed by atoms with Crippen molar-refractivity contribution in [1.82, 2.24) is 9.88 Å². The molecule has 0 bridgehead atoms. The summed E-state index contributed by atoms with van der Waals surface area (Å²) in [6.07, 6.45) is 4.53. The lowest BCUT2D eigenvalue weighted by Gasteiger charge is -2.20. The SMILES string of the molecule is COCCN(C)c1ccc(CN2CC3CCC(N)C3C2)cn1. The Morgan fingerprint density at radius 2 is 2.23 bits per heavy atom. The van der Waals surface area contributed by atoms with E-state index in [-0.39, 0.29) is 0 Å². The normalized spacial score (nSPS) is 28.0. The third-order valence-corrected chi connectivity index (χ3v) is 5.23. The maximum absolute atomic E-state index is 6.21. The molecular weight excluding hydrogens is 276 g/mol. The maximum atomic E-state index is 6.21. The predicted octanol–water partition coefficient (Wildman–Crippen LogP) is 1.33. The molecule has 3 atom stereocenters. The zero-order valence-corrected chi connectivity index (χ0v) is 13.7. The van der Waals surface area contributed by atoms with Crippen LogP contribution >= 0.6 is 0 Å². The Balaban J connectivity index is 1.53. The van der Waals surface area contributed by atoms with Crippen LogP contribution in [0.25, 0.3) is 0 Å². The number of likely N-dealkylation sites (tertiary alicyclic amines) is 1. The molecule has 2 heterocycles. The van der Waals surface area contributed by atoms with Crippen LogP contribution in [0, 0.1) is 11.8 Å². The molecule has 0 amide bonds. The van der Waals surface area contributed by atoms with Gasteiger partial charge in [-0.3, -0.25) is 4.90 Å². The van der Waals surface area contributed by atoms with Gasteiger partial charge in [-0.05, 0) is 36.3 Å². The van der Waals surface area contributed by atoms with Crippen molar-refractivity contribution in [3.63, 3.8) is 0 Å². The highest BCUT2D eigenvalue weighted by Crippen LogP contribution is 2.37. The fraction of sp³-hybridized carbons (Fsp3) is 0.706. The summed E-state index contributed by atoms with van der Waals surface area (Å²) in [6.45, 7) is 4.93. The van der Waals surface area contributed by atoms with Gasteiger partial charge in [-0.1, -0.05) is 6.07 Å². The Kier molecular flexibility index (Phi) is 4.96. The summed E-state index contributed by atoms with van der Waals surface area (Å²) in [7, 11) is 3.77. The minimum atomic E-state index is 0.421. The Labute approximate surface area is 133 Å². The Bertz CT molecular complexity index is 478. The van der Waals surface area contributed by atoms with E-state index in [1.54, 1.807) is 7.11 Å². The third-order valence-electron chi connectivity index (χ3n) is 5.23. The number of anilines is 1. The molecular formula is C17H28N4O. The average Bonchev–Trinajstić information content (AvgIpc) is 3.07. The second kappa shape index (κ2) is 6.94. The molecule has 5 nitrogen and oxygen atoms in total. The molecule has 1 saturated heterocycles. The van der Waals surface area contributed by atoms with E-state index in [9.17, 15) is 0 Å². The molecule has 3 rings (SSSR count). The number of aromatic nitrogens is 1. The highest BCUT2D eigenvalue weighted by atomic mass is 16.5. The van der Waals surface area contributed by atoms with Crippen molar-refractivity contribution >= 4 is 5.82 Å². The van der Waals surface area contributed by atoms with Crippen LogP contribution in [-0.4, -0.2) is 56.3 Å². The number of ether oxygens (including phenoxy) is 1. The molecule has 1 aliphatic heterocycles. The first-order chi connectivity index (χ1) is 10.7. The van der Waals surface area contributed by atoms with Crippen molar-refractivity contribution in [2.24, 2.45) is 17.6 Å². The Morgan fingerprint density at radius 1 is 1.36 bits per heavy atom. The first kappa shape index (κ1) is 15.7. The van der Waals surface area contributed by atoms with E-state index < -0.39 is 0 Å². The summed E-state index contributed by atoms with van der Waals surface area (Å²) in [4.78, 5) is 9.24. The zero-order chi connectivity index (χ0) is 15.5. The van der Waals surface area contributed by atoms with Crippen LogP contribution in [0.3, 0.4) is 0 Å². The number of nitrogens with zero attached hydrogens (tertiary/aromatic N) is 3. The van der Waals surface area contributed by atoms with Crippen molar-refractivity contribution in [3.8, 4) is 0 Å². The van der Waals surface area contributed by atoms with Crippen molar-refractivity contribution < 1.29 is 4.74 Å². The van der Waals surface area contributed by atoms with Gasteiger partial charge in [0.15, 0.2) is 0 Å². The molecule has 1 aromatic rings. The van der Waals surface area contributed by atoms with Gasteiger partial charge in [0.1, 0.15) is 5.82 Å². The first-order valence-corrected chi connectivity index (χ1v) is 8.30. The number of methoxy groups -OCH3 is 1. The van der Waals surface area contributed by atoms with E-state index in [1.807, 2.05) is 13.2 Å². The van der Waals surface area contributed by atoms with Gasteiger partial charge in [0.2, 0.25) is 0 Å². The van der Waals surface area contributed by atoms with Gasteiger partial charge >= 0.3 is 0 Å². The topological polar surface area (TPSA) is 54.6 Å². The molecule has 2 N–H and O–H groups in total. The molecule has 0 aromatic carbocycles. The lowest BCUT2D eigenvalue weighted by atomic mass is 9.98. The van der Waals surface area contributed by atoms with Gasteiger partial charge in [0.05, 0.1) is 6.61 Å². The highest BCUT2D eigenvalue weighted by Gasteiger charge is 2.40. The van der Waals surface area contributed by atoms with Gasteiger partial charge in [-0.15, -0.1) is 0 Å². The van der Waals surface area contributed by atoms with Crippen LogP contribution in [0.4, 0.5) is 5.82 Å². The van der Waals surface area contributed by atoms with Crippen LogP contribution < -0.4 is 10.6 Å². The van der Waals surface area contributed by atoms with Crippen LogP contribution in [0.5, 0.6) is 0 Å². The van der Waals surface area contributed by atoms with Crippen molar-refractivity contribution in [2.75, 3.05) is 45.3 Å². The van der Waals surface area contributed by atoms with Gasteiger partial charge < -0.3 is 15.4 Å². The maximum Gasteiger partial charge on any atom is 0.128 e. The Morgan fingerprint density at radius 3 is 2.91 bits per heavy atom. The molecule has 0 radical (unpaired) electrons. The van der Waals surface area contributed by atoms with E-state index in [2.05, 4.69) is 26.9 Å². The van der Waals surface area contributed by atoms with Crippen LogP contribution in [0.15, 0.2) is 18.3 Å². The molecule has 2 fully saturated rings. The standard InChI is InChI=1S/C17H28N4O/c1-20(7-8-22-2)17-6-3-13(9-19-17)10-21-11-14-4-5-16(18)15(14)12-21/h3,6,9,14-16H,4-5,7-8,10-12,18H2,1-2H3. The van der Waals surface area contributed by atoms with Crippen molar-refractivity contribution in [2.45, 2.75) is 25.4 Å². The zero-order valence-electron chi connectivity index (χ0n) is 13.7. The molecule has 1 saturated carbocycles. The summed E-state index contributed by atoms with van der Waals surface area (Å²) in [6, 6.07) is 4.72. The summed E-state index contributed by atoms with van der Waals surface area (Å²) in [5.41, 5.74) is 7.50. The lowest BCUT2D eigenvalue weighted by molar-refractivity contribution is 0.206. The number of pyridine rings is 1.